The van der Waals surface area contributed by atoms with Crippen LogP contribution in [0.1, 0.15) is 5.56 Å². The van der Waals surface area contributed by atoms with Crippen molar-refractivity contribution in [1.29, 1.82) is 0 Å². The number of morpholine rings is 1. The number of carbonyl (C=O) groups excluding carboxylic acids is 1. The van der Waals surface area contributed by atoms with Crippen molar-refractivity contribution in [2.24, 2.45) is 0 Å². The summed E-state index contributed by atoms with van der Waals surface area (Å²) >= 11 is 0. The largest absolute Gasteiger partial charge is 0.480 e. The average molecular weight is 250 g/mol. The minimum Gasteiger partial charge on any atom is -0.480 e. The fraction of sp³-hybridized carbons (Fsp3) is 0.417. The van der Waals surface area contributed by atoms with Gasteiger partial charge in [-0.15, -0.1) is 0 Å². The molecule has 0 aromatic carbocycles. The van der Waals surface area contributed by atoms with E-state index < -0.39 is 12.0 Å². The van der Waals surface area contributed by atoms with E-state index in [2.05, 4.69) is 4.98 Å². The zero-order valence-electron chi connectivity index (χ0n) is 9.78. The summed E-state index contributed by atoms with van der Waals surface area (Å²) in [6.45, 7) is 0.754. The van der Waals surface area contributed by atoms with Crippen LogP contribution < -0.4 is 0 Å². The lowest BCUT2D eigenvalue weighted by Gasteiger charge is -2.32. The van der Waals surface area contributed by atoms with Gasteiger partial charge in [0.05, 0.1) is 19.6 Å². The van der Waals surface area contributed by atoms with Gasteiger partial charge in [0.1, 0.15) is 0 Å². The third kappa shape index (κ3) is 2.84. The van der Waals surface area contributed by atoms with E-state index in [0.717, 1.165) is 5.56 Å². The van der Waals surface area contributed by atoms with E-state index in [1.807, 2.05) is 0 Å². The number of hydrogen-bond donors (Lipinski definition) is 1. The lowest BCUT2D eigenvalue weighted by Crippen LogP contribution is -2.53. The van der Waals surface area contributed by atoms with Crippen molar-refractivity contribution in [2.75, 3.05) is 19.8 Å². The molecule has 1 amide bonds. The summed E-state index contributed by atoms with van der Waals surface area (Å²) in [5.74, 6) is -1.23. The molecule has 1 aromatic rings. The molecule has 0 saturated carbocycles. The Hall–Kier alpha value is -1.95. The molecule has 0 spiro atoms. The molecule has 6 heteroatoms. The van der Waals surface area contributed by atoms with Crippen LogP contribution in [0.5, 0.6) is 0 Å². The van der Waals surface area contributed by atoms with E-state index in [0.29, 0.717) is 13.2 Å². The van der Waals surface area contributed by atoms with Crippen molar-refractivity contribution >= 4 is 11.9 Å². The molecular formula is C12H14N2O4. The number of rotatable bonds is 3. The second-order valence-corrected chi connectivity index (χ2v) is 4.05. The standard InChI is InChI=1S/C12H14N2O4/c15-11(7-9-1-3-13-4-2-9)14-5-6-18-8-10(14)12(16)17/h1-4,10H,5-8H2,(H,16,17). The number of carbonyl (C=O) groups is 2. The second kappa shape index (κ2) is 5.59. The van der Waals surface area contributed by atoms with Gasteiger partial charge in [-0.1, -0.05) is 0 Å². The number of aliphatic carboxylic acids is 1. The fourth-order valence-electron chi connectivity index (χ4n) is 1.88. The molecule has 1 unspecified atom stereocenters. The maximum Gasteiger partial charge on any atom is 0.328 e. The van der Waals surface area contributed by atoms with Crippen molar-refractivity contribution in [3.63, 3.8) is 0 Å². The van der Waals surface area contributed by atoms with Crippen LogP contribution in [0, 0.1) is 0 Å². The zero-order valence-corrected chi connectivity index (χ0v) is 9.78. The van der Waals surface area contributed by atoms with E-state index in [9.17, 15) is 9.59 Å². The molecular weight excluding hydrogens is 236 g/mol. The molecule has 6 nitrogen and oxygen atoms in total. The van der Waals surface area contributed by atoms with E-state index >= 15 is 0 Å². The molecule has 96 valence electrons. The Bertz CT molecular complexity index is 435. The maximum absolute atomic E-state index is 12.1. The topological polar surface area (TPSA) is 79.7 Å². The van der Waals surface area contributed by atoms with Crippen LogP contribution in [0.25, 0.3) is 0 Å². The fourth-order valence-corrected chi connectivity index (χ4v) is 1.88. The van der Waals surface area contributed by atoms with Gasteiger partial charge in [0.25, 0.3) is 0 Å². The van der Waals surface area contributed by atoms with Gasteiger partial charge in [-0.3, -0.25) is 9.78 Å². The van der Waals surface area contributed by atoms with Gasteiger partial charge in [-0.25, -0.2) is 4.79 Å². The zero-order chi connectivity index (χ0) is 13.0. The number of nitrogens with zero attached hydrogens (tertiary/aromatic N) is 2. The first kappa shape index (κ1) is 12.5. The number of hydrogen-bond acceptors (Lipinski definition) is 4. The van der Waals surface area contributed by atoms with Crippen LogP contribution in [0.15, 0.2) is 24.5 Å². The maximum atomic E-state index is 12.1. The highest BCUT2D eigenvalue weighted by atomic mass is 16.5. The SMILES string of the molecule is O=C(O)C1COCCN1C(=O)Cc1ccncc1. The third-order valence-corrected chi connectivity index (χ3v) is 2.84. The van der Waals surface area contributed by atoms with Gasteiger partial charge in [0, 0.05) is 18.9 Å². The first-order valence-electron chi connectivity index (χ1n) is 5.67. The first-order valence-corrected chi connectivity index (χ1v) is 5.67. The Labute approximate surface area is 104 Å². The summed E-state index contributed by atoms with van der Waals surface area (Å²) in [5.41, 5.74) is 0.825. The summed E-state index contributed by atoms with van der Waals surface area (Å²) in [7, 11) is 0. The molecule has 1 aliphatic heterocycles. The molecule has 0 aliphatic carbocycles. The van der Waals surface area contributed by atoms with Crippen LogP contribution >= 0.6 is 0 Å². The molecule has 18 heavy (non-hydrogen) atoms. The Morgan fingerprint density at radius 3 is 2.83 bits per heavy atom. The van der Waals surface area contributed by atoms with E-state index in [1.54, 1.807) is 24.5 Å². The van der Waals surface area contributed by atoms with Gasteiger partial charge in [-0.05, 0) is 17.7 Å². The van der Waals surface area contributed by atoms with Crippen LogP contribution in [-0.2, 0) is 20.7 Å². The monoisotopic (exact) mass is 250 g/mol. The third-order valence-electron chi connectivity index (χ3n) is 2.84. The minimum atomic E-state index is -1.03. The molecule has 1 N–H and O–H groups in total. The predicted molar refractivity (Wildman–Crippen MR) is 61.9 cm³/mol. The van der Waals surface area contributed by atoms with Crippen LogP contribution in [0.3, 0.4) is 0 Å². The van der Waals surface area contributed by atoms with Crippen molar-refractivity contribution in [3.8, 4) is 0 Å². The van der Waals surface area contributed by atoms with Gasteiger partial charge in [0.15, 0.2) is 6.04 Å². The van der Waals surface area contributed by atoms with Crippen LogP contribution in [0.2, 0.25) is 0 Å². The lowest BCUT2D eigenvalue weighted by atomic mass is 10.1. The molecule has 1 fully saturated rings. The van der Waals surface area contributed by atoms with Crippen LogP contribution in [0.4, 0.5) is 0 Å². The molecule has 2 rings (SSSR count). The molecule has 1 aliphatic rings. The van der Waals surface area contributed by atoms with Crippen molar-refractivity contribution in [2.45, 2.75) is 12.5 Å². The van der Waals surface area contributed by atoms with Gasteiger partial charge in [0.2, 0.25) is 5.91 Å². The number of carboxylic acid groups (broad SMARTS) is 1. The minimum absolute atomic E-state index is 0.0530. The average Bonchev–Trinajstić information content (AvgIpc) is 2.40. The summed E-state index contributed by atoms with van der Waals surface area (Å²) in [5, 5.41) is 9.04. The lowest BCUT2D eigenvalue weighted by molar-refractivity contribution is -0.158. The Balaban J connectivity index is 2.05. The van der Waals surface area contributed by atoms with Crippen molar-refractivity contribution < 1.29 is 19.4 Å². The molecule has 2 heterocycles. The number of amides is 1. The number of aromatic nitrogens is 1. The van der Waals surface area contributed by atoms with Crippen molar-refractivity contribution in [3.05, 3.63) is 30.1 Å². The van der Waals surface area contributed by atoms with Gasteiger partial charge < -0.3 is 14.7 Å². The van der Waals surface area contributed by atoms with Crippen molar-refractivity contribution in [1.82, 2.24) is 9.88 Å². The quantitative estimate of drug-likeness (QED) is 0.812. The number of pyridine rings is 1. The number of carboxylic acids is 1. The molecule has 0 bridgehead atoms. The van der Waals surface area contributed by atoms with E-state index in [1.165, 1.54) is 4.90 Å². The molecule has 1 atom stereocenters. The summed E-state index contributed by atoms with van der Waals surface area (Å²) in [6, 6.07) is 2.61. The second-order valence-electron chi connectivity index (χ2n) is 4.05. The van der Waals surface area contributed by atoms with E-state index in [-0.39, 0.29) is 18.9 Å². The molecule has 0 radical (unpaired) electrons. The number of ether oxygens (including phenoxy) is 1. The normalized spacial score (nSPS) is 19.6. The first-order chi connectivity index (χ1) is 8.68. The molecule has 1 aromatic heterocycles. The van der Waals surface area contributed by atoms with Crippen LogP contribution in [-0.4, -0.2) is 52.7 Å². The smallest absolute Gasteiger partial charge is 0.328 e. The summed E-state index contributed by atoms with van der Waals surface area (Å²) in [4.78, 5) is 28.3. The van der Waals surface area contributed by atoms with E-state index in [4.69, 9.17) is 9.84 Å². The highest BCUT2D eigenvalue weighted by Gasteiger charge is 2.32. The summed E-state index contributed by atoms with van der Waals surface area (Å²) < 4.78 is 5.09. The molecule has 1 saturated heterocycles. The van der Waals surface area contributed by atoms with Gasteiger partial charge in [-0.2, -0.15) is 0 Å². The summed E-state index contributed by atoms with van der Waals surface area (Å²) in [6.07, 6.45) is 3.40. The van der Waals surface area contributed by atoms with Gasteiger partial charge >= 0.3 is 5.97 Å². The predicted octanol–water partition coefficient (Wildman–Crippen LogP) is -0.0639. The Kier molecular flexibility index (Phi) is 3.88. The Morgan fingerprint density at radius 2 is 2.17 bits per heavy atom. The Morgan fingerprint density at radius 1 is 1.44 bits per heavy atom. The highest BCUT2D eigenvalue weighted by Crippen LogP contribution is 2.10. The highest BCUT2D eigenvalue weighted by molar-refractivity contribution is 5.85.